The zero-order valence-electron chi connectivity index (χ0n) is 13.0. The van der Waals surface area contributed by atoms with Crippen LogP contribution in [0.25, 0.3) is 0 Å². The van der Waals surface area contributed by atoms with Crippen LogP contribution in [0.2, 0.25) is 5.02 Å². The number of rotatable bonds is 4. The third kappa shape index (κ3) is 4.01. The first-order valence-electron chi connectivity index (χ1n) is 7.33. The van der Waals surface area contributed by atoms with E-state index in [4.69, 9.17) is 11.6 Å². The second-order valence-corrected chi connectivity index (χ2v) is 6.20. The van der Waals surface area contributed by atoms with Gasteiger partial charge in [0.1, 0.15) is 6.04 Å². The van der Waals surface area contributed by atoms with Gasteiger partial charge in [-0.2, -0.15) is 0 Å². The van der Waals surface area contributed by atoms with Gasteiger partial charge in [-0.1, -0.05) is 23.7 Å². The molecule has 1 aliphatic rings. The van der Waals surface area contributed by atoms with Gasteiger partial charge in [-0.15, -0.1) is 0 Å². The van der Waals surface area contributed by atoms with Crippen molar-refractivity contribution in [3.63, 3.8) is 0 Å². The molecule has 0 aromatic heterocycles. The Morgan fingerprint density at radius 2 is 1.87 bits per heavy atom. The van der Waals surface area contributed by atoms with Crippen LogP contribution >= 0.6 is 11.6 Å². The first-order chi connectivity index (χ1) is 10.8. The lowest BCUT2D eigenvalue weighted by atomic mass is 9.89. The van der Waals surface area contributed by atoms with Crippen LogP contribution in [0.15, 0.2) is 24.3 Å². The maximum absolute atomic E-state index is 12.4. The van der Waals surface area contributed by atoms with Crippen LogP contribution in [0, 0.1) is 5.92 Å². The molecule has 2 N–H and O–H groups in total. The third-order valence-electron chi connectivity index (χ3n) is 4.04. The second-order valence-electron chi connectivity index (χ2n) is 5.77. The highest BCUT2D eigenvalue weighted by atomic mass is 35.5. The van der Waals surface area contributed by atoms with Gasteiger partial charge >= 0.3 is 5.97 Å². The Morgan fingerprint density at radius 1 is 1.26 bits per heavy atom. The quantitative estimate of drug-likeness (QED) is 0.870. The summed E-state index contributed by atoms with van der Waals surface area (Å²) in [5.74, 6) is -2.48. The summed E-state index contributed by atoms with van der Waals surface area (Å²) >= 11 is 5.87. The summed E-state index contributed by atoms with van der Waals surface area (Å²) in [5, 5.41) is 12.6. The molecular weight excluding hydrogens is 320 g/mol. The van der Waals surface area contributed by atoms with E-state index in [1.807, 2.05) is 0 Å². The number of carboxylic acids is 1. The van der Waals surface area contributed by atoms with Gasteiger partial charge in [0.25, 0.3) is 0 Å². The number of amides is 2. The van der Waals surface area contributed by atoms with E-state index in [0.717, 1.165) is 5.56 Å². The summed E-state index contributed by atoms with van der Waals surface area (Å²) in [6.45, 7) is 3.37. The van der Waals surface area contributed by atoms with Gasteiger partial charge in [0.2, 0.25) is 11.8 Å². The number of hydrogen-bond donors (Lipinski definition) is 2. The summed E-state index contributed by atoms with van der Waals surface area (Å²) in [6, 6.07) is 6.31. The van der Waals surface area contributed by atoms with Gasteiger partial charge in [0.15, 0.2) is 0 Å². The predicted octanol–water partition coefficient (Wildman–Crippen LogP) is 1.49. The maximum Gasteiger partial charge on any atom is 0.308 e. The molecule has 0 radical (unpaired) electrons. The highest BCUT2D eigenvalue weighted by molar-refractivity contribution is 6.30. The van der Waals surface area contributed by atoms with E-state index in [9.17, 15) is 19.5 Å². The fraction of sp³-hybridized carbons (Fsp3) is 0.438. The molecule has 1 aromatic rings. The van der Waals surface area contributed by atoms with Crippen LogP contribution in [0.4, 0.5) is 0 Å². The summed E-state index contributed by atoms with van der Waals surface area (Å²) in [7, 11) is 0. The SMILES string of the molecule is CC(=O)NC(C)C(=O)N1C[C@@H](C(=O)O)[C@H](c2ccc(Cl)cc2)C1. The standard InChI is InChI=1S/C16H19ClN2O4/c1-9(18-10(2)20)15(21)19-7-13(14(8-19)16(22)23)11-3-5-12(17)6-4-11/h3-6,9,13-14H,7-8H2,1-2H3,(H,18,20)(H,22,23)/t9?,13-,14+/m0/s1. The van der Waals surface area contributed by atoms with Gasteiger partial charge in [0.05, 0.1) is 5.92 Å². The van der Waals surface area contributed by atoms with Crippen LogP contribution in [-0.2, 0) is 14.4 Å². The molecule has 23 heavy (non-hydrogen) atoms. The summed E-state index contributed by atoms with van der Waals surface area (Å²) < 4.78 is 0. The normalized spacial score (nSPS) is 21.8. The molecule has 7 heteroatoms. The molecule has 1 heterocycles. The van der Waals surface area contributed by atoms with Gasteiger partial charge in [-0.05, 0) is 24.6 Å². The molecule has 3 atom stereocenters. The monoisotopic (exact) mass is 338 g/mol. The maximum atomic E-state index is 12.4. The smallest absolute Gasteiger partial charge is 0.308 e. The van der Waals surface area contributed by atoms with E-state index in [0.29, 0.717) is 11.6 Å². The van der Waals surface area contributed by atoms with E-state index >= 15 is 0 Å². The van der Waals surface area contributed by atoms with Crippen LogP contribution in [-0.4, -0.2) is 46.9 Å². The van der Waals surface area contributed by atoms with Crippen LogP contribution < -0.4 is 5.32 Å². The molecule has 1 unspecified atom stereocenters. The van der Waals surface area contributed by atoms with Gasteiger partial charge in [-0.3, -0.25) is 14.4 Å². The van der Waals surface area contributed by atoms with E-state index in [1.54, 1.807) is 31.2 Å². The van der Waals surface area contributed by atoms with Gasteiger partial charge in [-0.25, -0.2) is 0 Å². The minimum atomic E-state index is -0.938. The number of likely N-dealkylation sites (tertiary alicyclic amines) is 1. The number of carboxylic acid groups (broad SMARTS) is 1. The molecular formula is C16H19ClN2O4. The summed E-state index contributed by atoms with van der Waals surface area (Å²) in [6.07, 6.45) is 0. The molecule has 0 aliphatic carbocycles. The van der Waals surface area contributed by atoms with E-state index in [-0.39, 0.29) is 24.3 Å². The number of nitrogens with one attached hydrogen (secondary N) is 1. The van der Waals surface area contributed by atoms with Crippen LogP contribution in [0.1, 0.15) is 25.3 Å². The molecule has 0 bridgehead atoms. The Labute approximate surface area is 139 Å². The highest BCUT2D eigenvalue weighted by Gasteiger charge is 2.41. The number of carbonyl (C=O) groups excluding carboxylic acids is 2. The average Bonchev–Trinajstić information content (AvgIpc) is 2.91. The van der Waals surface area contributed by atoms with Crippen molar-refractivity contribution in [2.45, 2.75) is 25.8 Å². The number of nitrogens with zero attached hydrogens (tertiary/aromatic N) is 1. The van der Waals surface area contributed by atoms with E-state index in [2.05, 4.69) is 5.32 Å². The number of halogens is 1. The summed E-state index contributed by atoms with van der Waals surface area (Å²) in [4.78, 5) is 36.5. The van der Waals surface area contributed by atoms with Crippen molar-refractivity contribution in [2.75, 3.05) is 13.1 Å². The van der Waals surface area contributed by atoms with Crippen molar-refractivity contribution < 1.29 is 19.5 Å². The van der Waals surface area contributed by atoms with Crippen molar-refractivity contribution in [1.29, 1.82) is 0 Å². The third-order valence-corrected chi connectivity index (χ3v) is 4.29. The molecule has 1 aliphatic heterocycles. The van der Waals surface area contributed by atoms with Gasteiger partial charge in [0, 0.05) is 31.0 Å². The largest absolute Gasteiger partial charge is 0.481 e. The molecule has 0 saturated carbocycles. The molecule has 1 saturated heterocycles. The number of aliphatic carboxylic acids is 1. The number of carbonyl (C=O) groups is 3. The molecule has 6 nitrogen and oxygen atoms in total. The molecule has 2 amide bonds. The van der Waals surface area contributed by atoms with Crippen molar-refractivity contribution >= 4 is 29.4 Å². The van der Waals surface area contributed by atoms with E-state index < -0.39 is 17.9 Å². The minimum Gasteiger partial charge on any atom is -0.481 e. The summed E-state index contributed by atoms with van der Waals surface area (Å²) in [5.41, 5.74) is 0.837. The first kappa shape index (κ1) is 17.3. The fourth-order valence-electron chi connectivity index (χ4n) is 2.92. The van der Waals surface area contributed by atoms with Gasteiger partial charge < -0.3 is 15.3 Å². The van der Waals surface area contributed by atoms with Crippen LogP contribution in [0.3, 0.4) is 0 Å². The molecule has 0 spiro atoms. The minimum absolute atomic E-state index is 0.130. The fourth-order valence-corrected chi connectivity index (χ4v) is 3.05. The van der Waals surface area contributed by atoms with E-state index in [1.165, 1.54) is 11.8 Å². The zero-order chi connectivity index (χ0) is 17.1. The Balaban J connectivity index is 2.17. The van der Waals surface area contributed by atoms with Crippen LogP contribution in [0.5, 0.6) is 0 Å². The van der Waals surface area contributed by atoms with Crippen molar-refractivity contribution in [3.05, 3.63) is 34.9 Å². The predicted molar refractivity (Wildman–Crippen MR) is 85.2 cm³/mol. The average molecular weight is 339 g/mol. The molecule has 124 valence electrons. The lowest BCUT2D eigenvalue weighted by molar-refractivity contribution is -0.142. The highest BCUT2D eigenvalue weighted by Crippen LogP contribution is 2.33. The Hall–Kier alpha value is -2.08. The number of hydrogen-bond acceptors (Lipinski definition) is 3. The topological polar surface area (TPSA) is 86.7 Å². The Bertz CT molecular complexity index is 617. The molecule has 1 aromatic carbocycles. The van der Waals surface area contributed by atoms with Crippen molar-refractivity contribution in [1.82, 2.24) is 10.2 Å². The Kier molecular flexibility index (Phi) is 5.26. The molecule has 1 fully saturated rings. The zero-order valence-corrected chi connectivity index (χ0v) is 13.7. The first-order valence-corrected chi connectivity index (χ1v) is 7.71. The van der Waals surface area contributed by atoms with Crippen molar-refractivity contribution in [2.24, 2.45) is 5.92 Å². The lowest BCUT2D eigenvalue weighted by Gasteiger charge is -2.21. The molecule has 2 rings (SSSR count). The Morgan fingerprint density at radius 3 is 2.39 bits per heavy atom. The second kappa shape index (κ2) is 7.00. The lowest BCUT2D eigenvalue weighted by Crippen LogP contribution is -2.45. The van der Waals surface area contributed by atoms with Crippen molar-refractivity contribution in [3.8, 4) is 0 Å². The number of benzene rings is 1.